The van der Waals surface area contributed by atoms with E-state index in [2.05, 4.69) is 21.3 Å². The van der Waals surface area contributed by atoms with Gasteiger partial charge < -0.3 is 10.1 Å². The van der Waals surface area contributed by atoms with Crippen LogP contribution in [0.15, 0.2) is 12.4 Å². The fourth-order valence-electron chi connectivity index (χ4n) is 1.82. The molecule has 16 heavy (non-hydrogen) atoms. The third kappa shape index (κ3) is 3.94. The molecule has 1 fully saturated rings. The van der Waals surface area contributed by atoms with Gasteiger partial charge in [-0.2, -0.15) is 5.10 Å². The largest absolute Gasteiger partial charge is 0.381 e. The normalized spacial score (nSPS) is 16.3. The summed E-state index contributed by atoms with van der Waals surface area (Å²) >= 11 is 0. The standard InChI is InChI=1S/C10H17N3O.2ClH/c1-11-6-9-7-12-13(8-9)10-2-4-14-5-3-10;;/h7-8,10-11H,2-6H2,1H3;2*1H. The summed E-state index contributed by atoms with van der Waals surface area (Å²) in [5, 5.41) is 7.50. The molecule has 0 aliphatic carbocycles. The maximum absolute atomic E-state index is 5.32. The molecule has 1 aliphatic rings. The van der Waals surface area contributed by atoms with E-state index >= 15 is 0 Å². The average molecular weight is 268 g/mol. The Morgan fingerprint density at radius 1 is 1.44 bits per heavy atom. The van der Waals surface area contributed by atoms with Crippen molar-refractivity contribution >= 4 is 24.8 Å². The van der Waals surface area contributed by atoms with Gasteiger partial charge >= 0.3 is 0 Å². The van der Waals surface area contributed by atoms with Crippen LogP contribution in [0.1, 0.15) is 24.4 Å². The fourth-order valence-corrected chi connectivity index (χ4v) is 1.82. The number of rotatable bonds is 3. The Balaban J connectivity index is 0.00000112. The molecule has 1 aliphatic heterocycles. The van der Waals surface area contributed by atoms with Crippen LogP contribution in [0.4, 0.5) is 0 Å². The lowest BCUT2D eigenvalue weighted by atomic mass is 10.1. The minimum atomic E-state index is 0. The lowest BCUT2D eigenvalue weighted by Crippen LogP contribution is -2.19. The molecule has 0 atom stereocenters. The lowest BCUT2D eigenvalue weighted by molar-refractivity contribution is 0.0662. The van der Waals surface area contributed by atoms with E-state index in [4.69, 9.17) is 4.74 Å². The Labute approximate surface area is 109 Å². The predicted molar refractivity (Wildman–Crippen MR) is 68.6 cm³/mol. The summed E-state index contributed by atoms with van der Waals surface area (Å²) in [6.45, 7) is 2.63. The zero-order chi connectivity index (χ0) is 9.80. The molecule has 2 heterocycles. The van der Waals surface area contributed by atoms with E-state index in [0.717, 1.165) is 32.6 Å². The first-order chi connectivity index (χ1) is 6.90. The first kappa shape index (κ1) is 15.7. The summed E-state index contributed by atoms with van der Waals surface area (Å²) in [6, 6.07) is 0.536. The van der Waals surface area contributed by atoms with Crippen molar-refractivity contribution in [1.29, 1.82) is 0 Å². The Kier molecular flexibility index (Phi) is 7.76. The Bertz CT molecular complexity index is 287. The van der Waals surface area contributed by atoms with E-state index in [1.807, 2.05) is 13.2 Å². The van der Waals surface area contributed by atoms with Crippen LogP contribution in [0.3, 0.4) is 0 Å². The quantitative estimate of drug-likeness (QED) is 0.908. The Hall–Kier alpha value is -0.290. The lowest BCUT2D eigenvalue weighted by Gasteiger charge is -2.22. The second-order valence-corrected chi connectivity index (χ2v) is 3.70. The van der Waals surface area contributed by atoms with Gasteiger partial charge in [0.15, 0.2) is 0 Å². The summed E-state index contributed by atoms with van der Waals surface area (Å²) in [6.07, 6.45) is 6.24. The molecule has 0 aromatic carbocycles. The van der Waals surface area contributed by atoms with Crippen molar-refractivity contribution in [1.82, 2.24) is 15.1 Å². The van der Waals surface area contributed by atoms with Gasteiger partial charge in [0.1, 0.15) is 0 Å². The molecule has 6 heteroatoms. The van der Waals surface area contributed by atoms with Crippen molar-refractivity contribution in [2.75, 3.05) is 20.3 Å². The van der Waals surface area contributed by atoms with E-state index in [-0.39, 0.29) is 24.8 Å². The molecule has 0 unspecified atom stereocenters. The number of nitrogens with one attached hydrogen (secondary N) is 1. The summed E-state index contributed by atoms with van der Waals surface area (Å²) in [5.41, 5.74) is 1.25. The Morgan fingerprint density at radius 2 is 2.12 bits per heavy atom. The zero-order valence-corrected chi connectivity index (χ0v) is 11.0. The van der Waals surface area contributed by atoms with Crippen LogP contribution in [0.25, 0.3) is 0 Å². The number of aromatic nitrogens is 2. The molecule has 0 radical (unpaired) electrons. The second-order valence-electron chi connectivity index (χ2n) is 3.70. The first-order valence-corrected chi connectivity index (χ1v) is 5.15. The van der Waals surface area contributed by atoms with Gasteiger partial charge in [0.2, 0.25) is 0 Å². The van der Waals surface area contributed by atoms with E-state index in [1.54, 1.807) is 0 Å². The second kappa shape index (κ2) is 7.90. The van der Waals surface area contributed by atoms with Crippen LogP contribution in [0.5, 0.6) is 0 Å². The maximum atomic E-state index is 5.32. The molecule has 0 saturated carbocycles. The van der Waals surface area contributed by atoms with E-state index in [0.29, 0.717) is 6.04 Å². The van der Waals surface area contributed by atoms with E-state index in [1.165, 1.54) is 5.56 Å². The molecule has 0 bridgehead atoms. The number of hydrogen-bond acceptors (Lipinski definition) is 3. The van der Waals surface area contributed by atoms with Gasteiger partial charge in [-0.05, 0) is 19.9 Å². The van der Waals surface area contributed by atoms with Crippen molar-refractivity contribution in [3.8, 4) is 0 Å². The van der Waals surface area contributed by atoms with Gasteiger partial charge in [0.25, 0.3) is 0 Å². The highest BCUT2D eigenvalue weighted by atomic mass is 35.5. The van der Waals surface area contributed by atoms with Crippen LogP contribution in [-0.2, 0) is 11.3 Å². The minimum Gasteiger partial charge on any atom is -0.381 e. The van der Waals surface area contributed by atoms with Gasteiger partial charge in [-0.25, -0.2) is 0 Å². The third-order valence-electron chi connectivity index (χ3n) is 2.60. The highest BCUT2D eigenvalue weighted by Gasteiger charge is 2.15. The van der Waals surface area contributed by atoms with Crippen LogP contribution in [0, 0.1) is 0 Å². The molecule has 1 aromatic rings. The molecule has 1 N–H and O–H groups in total. The minimum absolute atomic E-state index is 0. The molecule has 4 nitrogen and oxygen atoms in total. The number of nitrogens with zero attached hydrogens (tertiary/aromatic N) is 2. The molecule has 0 spiro atoms. The fraction of sp³-hybridized carbons (Fsp3) is 0.700. The van der Waals surface area contributed by atoms with E-state index < -0.39 is 0 Å². The van der Waals surface area contributed by atoms with Crippen molar-refractivity contribution in [3.63, 3.8) is 0 Å². The van der Waals surface area contributed by atoms with Crippen LogP contribution in [-0.4, -0.2) is 30.0 Å². The number of hydrogen-bond donors (Lipinski definition) is 1. The topological polar surface area (TPSA) is 39.1 Å². The van der Waals surface area contributed by atoms with Crippen molar-refractivity contribution in [2.45, 2.75) is 25.4 Å². The van der Waals surface area contributed by atoms with Crippen molar-refractivity contribution < 1.29 is 4.74 Å². The molecule has 2 rings (SSSR count). The highest BCUT2D eigenvalue weighted by Crippen LogP contribution is 2.19. The molecule has 0 amide bonds. The summed E-state index contributed by atoms with van der Waals surface area (Å²) in [5.74, 6) is 0. The maximum Gasteiger partial charge on any atom is 0.0563 e. The highest BCUT2D eigenvalue weighted by molar-refractivity contribution is 5.85. The van der Waals surface area contributed by atoms with Crippen molar-refractivity contribution in [2.24, 2.45) is 0 Å². The zero-order valence-electron chi connectivity index (χ0n) is 9.39. The van der Waals surface area contributed by atoms with Gasteiger partial charge in [-0.15, -0.1) is 24.8 Å². The summed E-state index contributed by atoms with van der Waals surface area (Å²) in [4.78, 5) is 0. The third-order valence-corrected chi connectivity index (χ3v) is 2.60. The monoisotopic (exact) mass is 267 g/mol. The summed E-state index contributed by atoms with van der Waals surface area (Å²) in [7, 11) is 1.95. The molecular weight excluding hydrogens is 249 g/mol. The van der Waals surface area contributed by atoms with Gasteiger partial charge in [0, 0.05) is 31.5 Å². The van der Waals surface area contributed by atoms with Crippen LogP contribution in [0.2, 0.25) is 0 Å². The van der Waals surface area contributed by atoms with Gasteiger partial charge in [-0.1, -0.05) is 0 Å². The predicted octanol–water partition coefficient (Wildman–Crippen LogP) is 1.80. The summed E-state index contributed by atoms with van der Waals surface area (Å²) < 4.78 is 7.40. The smallest absolute Gasteiger partial charge is 0.0563 e. The van der Waals surface area contributed by atoms with Gasteiger partial charge in [0.05, 0.1) is 12.2 Å². The van der Waals surface area contributed by atoms with Crippen LogP contribution < -0.4 is 5.32 Å². The molecule has 94 valence electrons. The van der Waals surface area contributed by atoms with Gasteiger partial charge in [-0.3, -0.25) is 4.68 Å². The average Bonchev–Trinajstić information content (AvgIpc) is 2.68. The van der Waals surface area contributed by atoms with Crippen molar-refractivity contribution in [3.05, 3.63) is 18.0 Å². The first-order valence-electron chi connectivity index (χ1n) is 5.15. The SMILES string of the molecule is CNCc1cnn(C2CCOCC2)c1.Cl.Cl. The molecule has 1 saturated heterocycles. The number of halogens is 2. The molecular formula is C10H19Cl2N3O. The molecule has 1 aromatic heterocycles. The Morgan fingerprint density at radius 3 is 2.75 bits per heavy atom. The van der Waals surface area contributed by atoms with E-state index in [9.17, 15) is 0 Å². The van der Waals surface area contributed by atoms with Crippen LogP contribution >= 0.6 is 24.8 Å². The number of ether oxygens (including phenoxy) is 1.